The van der Waals surface area contributed by atoms with E-state index < -0.39 is 0 Å². The zero-order valence-corrected chi connectivity index (χ0v) is 15.5. The Kier molecular flexibility index (Phi) is 6.17. The maximum Gasteiger partial charge on any atom is 0.248 e. The summed E-state index contributed by atoms with van der Waals surface area (Å²) < 4.78 is 0. The van der Waals surface area contributed by atoms with E-state index in [0.717, 1.165) is 17.7 Å². The van der Waals surface area contributed by atoms with Gasteiger partial charge in [0.15, 0.2) is 0 Å². The fraction of sp³-hybridized carbons (Fsp3) is 0.526. The summed E-state index contributed by atoms with van der Waals surface area (Å²) in [6.07, 6.45) is 0.792. The molecule has 1 heterocycles. The van der Waals surface area contributed by atoms with Crippen LogP contribution in [0, 0.1) is 12.8 Å². The van der Waals surface area contributed by atoms with E-state index in [4.69, 9.17) is 0 Å². The van der Waals surface area contributed by atoms with Gasteiger partial charge in [0.1, 0.15) is 13.2 Å². The van der Waals surface area contributed by atoms with E-state index in [9.17, 15) is 14.4 Å². The van der Waals surface area contributed by atoms with Gasteiger partial charge < -0.3 is 9.80 Å². The maximum atomic E-state index is 12.6. The van der Waals surface area contributed by atoms with E-state index >= 15 is 0 Å². The number of aryl methyl sites for hydroxylation is 1. The smallest absolute Gasteiger partial charge is 0.248 e. The zero-order valence-electron chi connectivity index (χ0n) is 15.5. The SMILES string of the molecule is CCCN(CC(=O)N1CC(=O)N(c2cccc(C)c2)C1)C(=O)C(C)C. The summed E-state index contributed by atoms with van der Waals surface area (Å²) in [6, 6.07) is 7.65. The lowest BCUT2D eigenvalue weighted by molar-refractivity contribution is -0.142. The zero-order chi connectivity index (χ0) is 18.6. The van der Waals surface area contributed by atoms with Crippen LogP contribution in [0.1, 0.15) is 32.8 Å². The van der Waals surface area contributed by atoms with Gasteiger partial charge in [0.2, 0.25) is 17.7 Å². The van der Waals surface area contributed by atoms with Gasteiger partial charge in [-0.15, -0.1) is 0 Å². The Labute approximate surface area is 149 Å². The molecule has 0 bridgehead atoms. The van der Waals surface area contributed by atoms with Crippen LogP contribution in [0.15, 0.2) is 24.3 Å². The summed E-state index contributed by atoms with van der Waals surface area (Å²) in [7, 11) is 0. The third kappa shape index (κ3) is 4.59. The van der Waals surface area contributed by atoms with Crippen molar-refractivity contribution in [2.45, 2.75) is 34.1 Å². The van der Waals surface area contributed by atoms with Gasteiger partial charge >= 0.3 is 0 Å². The summed E-state index contributed by atoms with van der Waals surface area (Å²) in [5.41, 5.74) is 1.86. The number of amides is 3. The molecule has 0 aliphatic carbocycles. The third-order valence-electron chi connectivity index (χ3n) is 4.23. The van der Waals surface area contributed by atoms with E-state index in [1.165, 1.54) is 4.90 Å². The van der Waals surface area contributed by atoms with Crippen LogP contribution < -0.4 is 4.90 Å². The molecule has 0 aromatic heterocycles. The maximum absolute atomic E-state index is 12.6. The molecule has 1 aliphatic heterocycles. The van der Waals surface area contributed by atoms with Crippen LogP contribution in [-0.4, -0.2) is 53.8 Å². The highest BCUT2D eigenvalue weighted by Crippen LogP contribution is 2.20. The van der Waals surface area contributed by atoms with Crippen molar-refractivity contribution in [3.63, 3.8) is 0 Å². The van der Waals surface area contributed by atoms with Crippen LogP contribution in [0.25, 0.3) is 0 Å². The van der Waals surface area contributed by atoms with Crippen molar-refractivity contribution in [2.24, 2.45) is 5.92 Å². The summed E-state index contributed by atoms with van der Waals surface area (Å²) in [5.74, 6) is -0.471. The molecule has 1 aromatic rings. The van der Waals surface area contributed by atoms with Crippen molar-refractivity contribution >= 4 is 23.4 Å². The lowest BCUT2D eigenvalue weighted by Gasteiger charge is -2.26. The van der Waals surface area contributed by atoms with Crippen molar-refractivity contribution in [1.29, 1.82) is 0 Å². The number of rotatable bonds is 6. The Balaban J connectivity index is 2.05. The minimum atomic E-state index is -0.189. The Hall–Kier alpha value is -2.37. The van der Waals surface area contributed by atoms with E-state index in [-0.39, 0.29) is 43.4 Å². The van der Waals surface area contributed by atoms with Gasteiger partial charge in [0, 0.05) is 18.2 Å². The molecule has 1 aromatic carbocycles. The molecule has 0 atom stereocenters. The third-order valence-corrected chi connectivity index (χ3v) is 4.23. The summed E-state index contributed by atoms with van der Waals surface area (Å²) in [5, 5.41) is 0. The first-order valence-corrected chi connectivity index (χ1v) is 8.77. The van der Waals surface area contributed by atoms with Crippen molar-refractivity contribution in [2.75, 3.05) is 31.2 Å². The second-order valence-corrected chi connectivity index (χ2v) is 6.81. The molecular weight excluding hydrogens is 318 g/mol. The van der Waals surface area contributed by atoms with Gasteiger partial charge in [-0.2, -0.15) is 0 Å². The fourth-order valence-electron chi connectivity index (χ4n) is 2.90. The topological polar surface area (TPSA) is 60.9 Å². The molecule has 3 amide bonds. The van der Waals surface area contributed by atoms with Gasteiger partial charge in [-0.1, -0.05) is 32.9 Å². The first-order chi connectivity index (χ1) is 11.8. The molecule has 25 heavy (non-hydrogen) atoms. The molecule has 0 unspecified atom stereocenters. The van der Waals surface area contributed by atoms with E-state index in [1.807, 2.05) is 52.0 Å². The molecule has 0 spiro atoms. The molecule has 6 nitrogen and oxygen atoms in total. The first kappa shape index (κ1) is 19.0. The number of carbonyl (C=O) groups excluding carboxylic acids is 3. The predicted molar refractivity (Wildman–Crippen MR) is 97.0 cm³/mol. The number of hydrogen-bond acceptors (Lipinski definition) is 3. The Bertz CT molecular complexity index is 657. The second kappa shape index (κ2) is 8.14. The van der Waals surface area contributed by atoms with Gasteiger partial charge in [0.25, 0.3) is 0 Å². The standard InChI is InChI=1S/C19H27N3O3/c1-5-9-20(19(25)14(2)3)11-17(23)21-12-18(24)22(13-21)16-8-6-7-15(4)10-16/h6-8,10,14H,5,9,11-13H2,1-4H3. The molecule has 6 heteroatoms. The van der Waals surface area contributed by atoms with Crippen molar-refractivity contribution in [3.8, 4) is 0 Å². The van der Waals surface area contributed by atoms with Crippen molar-refractivity contribution < 1.29 is 14.4 Å². The molecule has 1 saturated heterocycles. The van der Waals surface area contributed by atoms with Crippen molar-refractivity contribution in [1.82, 2.24) is 9.80 Å². The molecule has 136 valence electrons. The fourth-order valence-corrected chi connectivity index (χ4v) is 2.90. The van der Waals surface area contributed by atoms with Gasteiger partial charge in [-0.25, -0.2) is 0 Å². The average Bonchev–Trinajstić information content (AvgIpc) is 2.95. The van der Waals surface area contributed by atoms with E-state index in [0.29, 0.717) is 6.54 Å². The van der Waals surface area contributed by atoms with E-state index in [2.05, 4.69) is 0 Å². The van der Waals surface area contributed by atoms with Gasteiger partial charge in [-0.3, -0.25) is 19.3 Å². The molecule has 2 rings (SSSR count). The van der Waals surface area contributed by atoms with Crippen molar-refractivity contribution in [3.05, 3.63) is 29.8 Å². The van der Waals surface area contributed by atoms with E-state index in [1.54, 1.807) is 9.80 Å². The van der Waals surface area contributed by atoms with Crippen LogP contribution in [0.4, 0.5) is 5.69 Å². The Morgan fingerprint density at radius 1 is 1.28 bits per heavy atom. The molecule has 0 saturated carbocycles. The molecule has 1 aliphatic rings. The minimum absolute atomic E-state index is 0.0276. The number of hydrogen-bond donors (Lipinski definition) is 0. The molecule has 1 fully saturated rings. The quantitative estimate of drug-likeness (QED) is 0.792. The lowest BCUT2D eigenvalue weighted by Crippen LogP contribution is -2.44. The summed E-state index contributed by atoms with van der Waals surface area (Å²) in [4.78, 5) is 41.9. The van der Waals surface area contributed by atoms with Crippen LogP contribution in [-0.2, 0) is 14.4 Å². The molecular formula is C19H27N3O3. The van der Waals surface area contributed by atoms with Crippen LogP contribution in [0.3, 0.4) is 0 Å². The monoisotopic (exact) mass is 345 g/mol. The van der Waals surface area contributed by atoms with Crippen LogP contribution in [0.2, 0.25) is 0 Å². The second-order valence-electron chi connectivity index (χ2n) is 6.81. The predicted octanol–water partition coefficient (Wildman–Crippen LogP) is 2.02. The van der Waals surface area contributed by atoms with Crippen LogP contribution >= 0.6 is 0 Å². The highest BCUT2D eigenvalue weighted by atomic mass is 16.2. The first-order valence-electron chi connectivity index (χ1n) is 8.77. The summed E-state index contributed by atoms with van der Waals surface area (Å²) in [6.45, 7) is 8.46. The highest BCUT2D eigenvalue weighted by Gasteiger charge is 2.33. The molecule has 0 radical (unpaired) electrons. The average molecular weight is 345 g/mol. The highest BCUT2D eigenvalue weighted by molar-refractivity contribution is 6.00. The summed E-state index contributed by atoms with van der Waals surface area (Å²) >= 11 is 0. The Morgan fingerprint density at radius 3 is 2.60 bits per heavy atom. The number of nitrogens with zero attached hydrogens (tertiary/aromatic N) is 3. The van der Waals surface area contributed by atoms with Gasteiger partial charge in [-0.05, 0) is 31.0 Å². The largest absolute Gasteiger partial charge is 0.333 e. The number of anilines is 1. The van der Waals surface area contributed by atoms with Gasteiger partial charge in [0.05, 0.1) is 6.54 Å². The number of carbonyl (C=O) groups is 3. The minimum Gasteiger partial charge on any atom is -0.333 e. The molecule has 0 N–H and O–H groups in total. The lowest BCUT2D eigenvalue weighted by atomic mass is 10.2. The van der Waals surface area contributed by atoms with Crippen LogP contribution in [0.5, 0.6) is 0 Å². The Morgan fingerprint density at radius 2 is 2.00 bits per heavy atom. The normalized spacial score (nSPS) is 14.4. The number of benzene rings is 1.